The smallest absolute Gasteiger partial charge is 0.255 e. The van der Waals surface area contributed by atoms with E-state index in [-0.39, 0.29) is 11.6 Å². The SMILES string of the molecule is O=C1N[C@]2(C[C@@H]3CC[C@@H]2N3Cc2ccco2)Nc2ccccc21. The maximum Gasteiger partial charge on any atom is 0.255 e. The van der Waals surface area contributed by atoms with E-state index in [1.807, 2.05) is 36.4 Å². The zero-order valence-electron chi connectivity index (χ0n) is 12.8. The van der Waals surface area contributed by atoms with E-state index in [1.165, 1.54) is 6.42 Å². The lowest BCUT2D eigenvalue weighted by atomic mass is 9.86. The van der Waals surface area contributed by atoms with Crippen LogP contribution in [-0.4, -0.2) is 28.6 Å². The highest BCUT2D eigenvalue weighted by Crippen LogP contribution is 2.47. The number of hydrogen-bond acceptors (Lipinski definition) is 4. The van der Waals surface area contributed by atoms with Crippen molar-refractivity contribution in [1.82, 2.24) is 10.2 Å². The van der Waals surface area contributed by atoms with Crippen molar-refractivity contribution in [1.29, 1.82) is 0 Å². The Morgan fingerprint density at radius 2 is 2.09 bits per heavy atom. The van der Waals surface area contributed by atoms with Gasteiger partial charge in [-0.3, -0.25) is 9.69 Å². The highest BCUT2D eigenvalue weighted by Gasteiger charge is 2.58. The minimum atomic E-state index is -0.346. The summed E-state index contributed by atoms with van der Waals surface area (Å²) >= 11 is 0. The van der Waals surface area contributed by atoms with E-state index in [9.17, 15) is 4.79 Å². The van der Waals surface area contributed by atoms with Crippen molar-refractivity contribution in [2.75, 3.05) is 5.32 Å². The van der Waals surface area contributed by atoms with Crippen LogP contribution >= 0.6 is 0 Å². The Hall–Kier alpha value is -2.27. The number of carbonyl (C=O) groups excluding carboxylic acids is 1. The first-order chi connectivity index (χ1) is 11.3. The number of rotatable bonds is 2. The number of carbonyl (C=O) groups is 1. The second-order valence-electron chi connectivity index (χ2n) is 6.80. The van der Waals surface area contributed by atoms with Gasteiger partial charge in [0.2, 0.25) is 0 Å². The van der Waals surface area contributed by atoms with Crippen molar-refractivity contribution in [2.45, 2.75) is 43.6 Å². The van der Waals surface area contributed by atoms with Crippen LogP contribution in [0.1, 0.15) is 35.4 Å². The first-order valence-electron chi connectivity index (χ1n) is 8.23. The Balaban J connectivity index is 1.47. The molecule has 0 aliphatic carbocycles. The van der Waals surface area contributed by atoms with Gasteiger partial charge in [-0.25, -0.2) is 0 Å². The van der Waals surface area contributed by atoms with Crippen LogP contribution in [0.5, 0.6) is 0 Å². The standard InChI is InChI=1S/C18H19N3O2/c22-17-14-5-1-2-6-15(14)19-18(20-17)10-12-7-8-16(18)21(12)11-13-4-3-9-23-13/h1-6,9,12,16,19H,7-8,10-11H2,(H,20,22)/t12-,16-,18-/m0/s1. The summed E-state index contributed by atoms with van der Waals surface area (Å²) in [6.45, 7) is 0.809. The molecule has 1 aromatic heterocycles. The summed E-state index contributed by atoms with van der Waals surface area (Å²) < 4.78 is 5.52. The van der Waals surface area contributed by atoms with Crippen molar-refractivity contribution in [3.05, 3.63) is 54.0 Å². The van der Waals surface area contributed by atoms with Crippen molar-refractivity contribution in [2.24, 2.45) is 0 Å². The minimum Gasteiger partial charge on any atom is -0.468 e. The topological polar surface area (TPSA) is 57.5 Å². The van der Waals surface area contributed by atoms with E-state index in [0.29, 0.717) is 12.1 Å². The Morgan fingerprint density at radius 1 is 1.17 bits per heavy atom. The molecule has 4 heterocycles. The number of nitrogens with one attached hydrogen (secondary N) is 2. The Morgan fingerprint density at radius 3 is 2.96 bits per heavy atom. The lowest BCUT2D eigenvalue weighted by Crippen LogP contribution is -2.64. The molecule has 2 saturated heterocycles. The van der Waals surface area contributed by atoms with Gasteiger partial charge in [0.05, 0.1) is 24.4 Å². The van der Waals surface area contributed by atoms with Crippen molar-refractivity contribution in [3.63, 3.8) is 0 Å². The van der Waals surface area contributed by atoms with Crippen molar-refractivity contribution >= 4 is 11.6 Å². The molecule has 1 spiro atoms. The summed E-state index contributed by atoms with van der Waals surface area (Å²) in [7, 11) is 0. The van der Waals surface area contributed by atoms with E-state index in [4.69, 9.17) is 4.42 Å². The molecule has 2 bridgehead atoms. The van der Waals surface area contributed by atoms with Crippen LogP contribution in [0.3, 0.4) is 0 Å². The number of fused-ring (bicyclic) bond motifs is 4. The molecular formula is C18H19N3O2. The summed E-state index contributed by atoms with van der Waals surface area (Å²) in [5.74, 6) is 1.02. The molecule has 1 aromatic carbocycles. The van der Waals surface area contributed by atoms with Crippen LogP contribution in [0.15, 0.2) is 47.1 Å². The molecule has 5 nitrogen and oxygen atoms in total. The molecule has 5 heteroatoms. The van der Waals surface area contributed by atoms with Gasteiger partial charge in [0, 0.05) is 18.2 Å². The summed E-state index contributed by atoms with van der Waals surface area (Å²) in [5, 5.41) is 6.91. The van der Waals surface area contributed by atoms with Gasteiger partial charge in [-0.15, -0.1) is 0 Å². The van der Waals surface area contributed by atoms with Gasteiger partial charge in [-0.05, 0) is 37.1 Å². The van der Waals surface area contributed by atoms with Crippen LogP contribution in [0.25, 0.3) is 0 Å². The maximum absolute atomic E-state index is 12.6. The third-order valence-electron chi connectivity index (χ3n) is 5.55. The zero-order valence-corrected chi connectivity index (χ0v) is 12.8. The molecule has 0 unspecified atom stereocenters. The van der Waals surface area contributed by atoms with Crippen LogP contribution in [0.2, 0.25) is 0 Å². The summed E-state index contributed by atoms with van der Waals surface area (Å²) in [6.07, 6.45) is 4.95. The number of furan rings is 1. The van der Waals surface area contributed by atoms with E-state index < -0.39 is 0 Å². The molecule has 2 aromatic rings. The predicted molar refractivity (Wildman–Crippen MR) is 85.9 cm³/mol. The Bertz CT molecular complexity index is 757. The lowest BCUT2D eigenvalue weighted by Gasteiger charge is -2.43. The number of nitrogens with zero attached hydrogens (tertiary/aromatic N) is 1. The number of hydrogen-bond donors (Lipinski definition) is 2. The maximum atomic E-state index is 12.6. The van der Waals surface area contributed by atoms with Crippen LogP contribution in [-0.2, 0) is 6.54 Å². The Kier molecular flexibility index (Phi) is 2.65. The van der Waals surface area contributed by atoms with E-state index in [2.05, 4.69) is 15.5 Å². The highest BCUT2D eigenvalue weighted by atomic mass is 16.3. The number of para-hydroxylation sites is 1. The first kappa shape index (κ1) is 13.2. The predicted octanol–water partition coefficient (Wildman–Crippen LogP) is 2.57. The normalized spacial score (nSPS) is 31.9. The van der Waals surface area contributed by atoms with Gasteiger partial charge in [-0.1, -0.05) is 12.1 Å². The fourth-order valence-corrected chi connectivity index (χ4v) is 4.61. The molecule has 0 saturated carbocycles. The van der Waals surface area contributed by atoms with Gasteiger partial charge >= 0.3 is 0 Å². The van der Waals surface area contributed by atoms with E-state index in [1.54, 1.807) is 6.26 Å². The van der Waals surface area contributed by atoms with Crippen LogP contribution in [0.4, 0.5) is 5.69 Å². The van der Waals surface area contributed by atoms with Crippen LogP contribution in [0, 0.1) is 0 Å². The first-order valence-corrected chi connectivity index (χ1v) is 8.23. The average molecular weight is 309 g/mol. The third-order valence-corrected chi connectivity index (χ3v) is 5.55. The summed E-state index contributed by atoms with van der Waals surface area (Å²) in [5.41, 5.74) is 1.33. The molecule has 23 heavy (non-hydrogen) atoms. The van der Waals surface area contributed by atoms with Gasteiger partial charge < -0.3 is 15.1 Å². The van der Waals surface area contributed by atoms with Gasteiger partial charge in [-0.2, -0.15) is 0 Å². The number of benzene rings is 1. The lowest BCUT2D eigenvalue weighted by molar-refractivity contribution is 0.0868. The fourth-order valence-electron chi connectivity index (χ4n) is 4.61. The van der Waals surface area contributed by atoms with Crippen molar-refractivity contribution in [3.8, 4) is 0 Å². The van der Waals surface area contributed by atoms with Gasteiger partial charge in [0.15, 0.2) is 0 Å². The Labute approximate surface area is 134 Å². The molecular weight excluding hydrogens is 290 g/mol. The molecule has 3 aliphatic rings. The summed E-state index contributed by atoms with van der Waals surface area (Å²) in [6, 6.07) is 12.5. The quantitative estimate of drug-likeness (QED) is 0.895. The van der Waals surface area contributed by atoms with E-state index in [0.717, 1.165) is 36.4 Å². The molecule has 0 radical (unpaired) electrons. The van der Waals surface area contributed by atoms with E-state index >= 15 is 0 Å². The monoisotopic (exact) mass is 309 g/mol. The van der Waals surface area contributed by atoms with Gasteiger partial charge in [0.25, 0.3) is 5.91 Å². The average Bonchev–Trinajstić information content (AvgIpc) is 3.24. The second-order valence-corrected chi connectivity index (χ2v) is 6.80. The van der Waals surface area contributed by atoms with Crippen LogP contribution < -0.4 is 10.6 Å². The second kappa shape index (κ2) is 4.61. The van der Waals surface area contributed by atoms with Crippen molar-refractivity contribution < 1.29 is 9.21 Å². The molecule has 2 N–H and O–H groups in total. The van der Waals surface area contributed by atoms with Gasteiger partial charge in [0.1, 0.15) is 11.4 Å². The largest absolute Gasteiger partial charge is 0.468 e. The number of anilines is 1. The molecule has 2 fully saturated rings. The summed E-state index contributed by atoms with van der Waals surface area (Å²) in [4.78, 5) is 15.0. The molecule has 1 amide bonds. The zero-order chi connectivity index (χ0) is 15.4. The molecule has 3 aliphatic heterocycles. The molecule has 118 valence electrons. The minimum absolute atomic E-state index is 0.0323. The highest BCUT2D eigenvalue weighted by molar-refractivity contribution is 6.02. The fraction of sp³-hybridized carbons (Fsp3) is 0.389. The molecule has 3 atom stereocenters. The molecule has 5 rings (SSSR count). The number of amides is 1. The third kappa shape index (κ3) is 1.86.